The number of rotatable bonds is 5. The summed E-state index contributed by atoms with van der Waals surface area (Å²) >= 11 is 5.01. The minimum atomic E-state index is -0.161. The highest BCUT2D eigenvalue weighted by atomic mass is 79.9. The van der Waals surface area contributed by atoms with Gasteiger partial charge in [-0.15, -0.1) is 11.8 Å². The molecule has 1 fully saturated rings. The maximum Gasteiger partial charge on any atom is 0.255 e. The van der Waals surface area contributed by atoms with Crippen LogP contribution < -0.4 is 10.2 Å². The lowest BCUT2D eigenvalue weighted by Crippen LogP contribution is -2.27. The summed E-state index contributed by atoms with van der Waals surface area (Å²) < 4.78 is 0.861. The number of amides is 2. The van der Waals surface area contributed by atoms with Gasteiger partial charge in [-0.05, 0) is 59.5 Å². The molecule has 0 saturated carbocycles. The highest BCUT2D eigenvalue weighted by Gasteiger charge is 2.34. The SMILES string of the molecule is CC(C)c1ccc(N2C(=O)CSC2c2ccc(NC(=O)c3cccc(Br)c3)cc2)cc1. The lowest BCUT2D eigenvalue weighted by atomic mass is 10.0. The van der Waals surface area contributed by atoms with Crippen LogP contribution in [0.3, 0.4) is 0 Å². The van der Waals surface area contributed by atoms with Gasteiger partial charge in [-0.2, -0.15) is 0 Å². The highest BCUT2D eigenvalue weighted by molar-refractivity contribution is 9.10. The first-order valence-electron chi connectivity index (χ1n) is 10.1. The van der Waals surface area contributed by atoms with Gasteiger partial charge in [0.2, 0.25) is 5.91 Å². The van der Waals surface area contributed by atoms with Crippen LogP contribution >= 0.6 is 27.7 Å². The maximum absolute atomic E-state index is 12.6. The second-order valence-corrected chi connectivity index (χ2v) is 9.74. The van der Waals surface area contributed by atoms with Gasteiger partial charge in [0.05, 0.1) is 5.75 Å². The zero-order valence-corrected chi connectivity index (χ0v) is 19.7. The van der Waals surface area contributed by atoms with Crippen molar-refractivity contribution in [3.8, 4) is 0 Å². The smallest absolute Gasteiger partial charge is 0.255 e. The zero-order valence-electron chi connectivity index (χ0n) is 17.3. The molecule has 1 aliphatic heterocycles. The molecule has 4 nitrogen and oxygen atoms in total. The third-order valence-corrected chi connectivity index (χ3v) is 6.95. The molecular formula is C25H23BrN2O2S. The summed E-state index contributed by atoms with van der Waals surface area (Å²) in [6.07, 6.45) is 0. The molecule has 0 bridgehead atoms. The van der Waals surface area contributed by atoms with E-state index < -0.39 is 0 Å². The summed E-state index contributed by atoms with van der Waals surface area (Å²) in [6, 6.07) is 23.2. The molecule has 1 heterocycles. The molecule has 4 rings (SSSR count). The lowest BCUT2D eigenvalue weighted by Gasteiger charge is -2.25. The average Bonchev–Trinajstić information content (AvgIpc) is 3.15. The van der Waals surface area contributed by atoms with Crippen molar-refractivity contribution < 1.29 is 9.59 Å². The summed E-state index contributed by atoms with van der Waals surface area (Å²) in [7, 11) is 0. The predicted octanol–water partition coefficient (Wildman–Crippen LogP) is 6.60. The Kier molecular flexibility index (Phi) is 6.49. The largest absolute Gasteiger partial charge is 0.322 e. The molecule has 3 aromatic rings. The van der Waals surface area contributed by atoms with E-state index in [1.54, 1.807) is 23.9 Å². The molecule has 2 amide bonds. The average molecular weight is 495 g/mol. The molecule has 0 radical (unpaired) electrons. The molecule has 1 N–H and O–H groups in total. The van der Waals surface area contributed by atoms with E-state index in [1.165, 1.54) is 5.56 Å². The summed E-state index contributed by atoms with van der Waals surface area (Å²) in [6.45, 7) is 4.32. The quantitative estimate of drug-likeness (QED) is 0.434. The molecule has 31 heavy (non-hydrogen) atoms. The monoisotopic (exact) mass is 494 g/mol. The standard InChI is InChI=1S/C25H23BrN2O2S/c1-16(2)17-8-12-22(13-9-17)28-23(29)15-31-25(28)18-6-10-21(11-7-18)27-24(30)19-4-3-5-20(26)14-19/h3-14,16,25H,15H2,1-2H3,(H,27,30). The van der Waals surface area contributed by atoms with Crippen molar-refractivity contribution >= 4 is 50.9 Å². The van der Waals surface area contributed by atoms with Gasteiger partial charge in [0.15, 0.2) is 0 Å². The molecule has 1 aliphatic rings. The summed E-state index contributed by atoms with van der Waals surface area (Å²) in [5.74, 6) is 0.858. The molecule has 1 saturated heterocycles. The number of halogens is 1. The Balaban J connectivity index is 1.51. The van der Waals surface area contributed by atoms with Crippen LogP contribution in [0.2, 0.25) is 0 Å². The number of carbonyl (C=O) groups is 2. The van der Waals surface area contributed by atoms with Gasteiger partial charge < -0.3 is 5.32 Å². The predicted molar refractivity (Wildman–Crippen MR) is 132 cm³/mol. The fourth-order valence-corrected chi connectivity index (χ4v) is 5.11. The van der Waals surface area contributed by atoms with Crippen molar-refractivity contribution in [1.29, 1.82) is 0 Å². The molecular weight excluding hydrogens is 472 g/mol. The molecule has 3 aromatic carbocycles. The lowest BCUT2D eigenvalue weighted by molar-refractivity contribution is -0.115. The van der Waals surface area contributed by atoms with Crippen molar-refractivity contribution in [2.45, 2.75) is 25.1 Å². The Labute approximate surface area is 195 Å². The number of benzene rings is 3. The Morgan fingerprint density at radius 1 is 1.06 bits per heavy atom. The number of hydrogen-bond donors (Lipinski definition) is 1. The number of nitrogens with one attached hydrogen (secondary N) is 1. The normalized spacial score (nSPS) is 16.1. The first-order chi connectivity index (χ1) is 14.9. The first kappa shape index (κ1) is 21.7. The van der Waals surface area contributed by atoms with Gasteiger partial charge in [0.1, 0.15) is 5.37 Å². The summed E-state index contributed by atoms with van der Waals surface area (Å²) in [5, 5.41) is 2.85. The van der Waals surface area contributed by atoms with Crippen molar-refractivity contribution in [3.05, 3.63) is 94.0 Å². The number of anilines is 2. The van der Waals surface area contributed by atoms with Crippen LogP contribution in [-0.4, -0.2) is 17.6 Å². The van der Waals surface area contributed by atoms with Crippen LogP contribution in [-0.2, 0) is 4.79 Å². The third-order valence-electron chi connectivity index (χ3n) is 5.25. The van der Waals surface area contributed by atoms with Gasteiger partial charge in [-0.3, -0.25) is 14.5 Å². The minimum absolute atomic E-state index is 0.0766. The third kappa shape index (κ3) is 4.86. The van der Waals surface area contributed by atoms with Crippen molar-refractivity contribution in [3.63, 3.8) is 0 Å². The van der Waals surface area contributed by atoms with Crippen LogP contribution in [0.15, 0.2) is 77.3 Å². The van der Waals surface area contributed by atoms with E-state index in [9.17, 15) is 9.59 Å². The molecule has 1 unspecified atom stereocenters. The Hall–Kier alpha value is -2.57. The van der Waals surface area contributed by atoms with E-state index in [-0.39, 0.29) is 17.2 Å². The van der Waals surface area contributed by atoms with E-state index in [0.29, 0.717) is 17.2 Å². The Morgan fingerprint density at radius 2 is 1.77 bits per heavy atom. The second kappa shape index (κ2) is 9.28. The van der Waals surface area contributed by atoms with Crippen LogP contribution in [0.25, 0.3) is 0 Å². The Bertz CT molecular complexity index is 1100. The summed E-state index contributed by atoms with van der Waals surface area (Å²) in [4.78, 5) is 27.0. The van der Waals surface area contributed by atoms with Gasteiger partial charge in [-0.25, -0.2) is 0 Å². The minimum Gasteiger partial charge on any atom is -0.322 e. The van der Waals surface area contributed by atoms with Crippen LogP contribution in [0, 0.1) is 0 Å². The number of thioether (sulfide) groups is 1. The van der Waals surface area contributed by atoms with Crippen LogP contribution in [0.1, 0.15) is 46.6 Å². The van der Waals surface area contributed by atoms with Gasteiger partial charge >= 0.3 is 0 Å². The van der Waals surface area contributed by atoms with Crippen molar-refractivity contribution in [2.75, 3.05) is 16.0 Å². The van der Waals surface area contributed by atoms with Crippen molar-refractivity contribution in [1.82, 2.24) is 0 Å². The molecule has 0 spiro atoms. The second-order valence-electron chi connectivity index (χ2n) is 7.76. The topological polar surface area (TPSA) is 49.4 Å². The molecule has 0 aliphatic carbocycles. The molecule has 6 heteroatoms. The molecule has 0 aromatic heterocycles. The molecule has 158 valence electrons. The van der Waals surface area contributed by atoms with E-state index >= 15 is 0 Å². The zero-order chi connectivity index (χ0) is 22.0. The van der Waals surface area contributed by atoms with E-state index in [0.717, 1.165) is 21.4 Å². The van der Waals surface area contributed by atoms with E-state index in [1.807, 2.05) is 53.4 Å². The number of hydrogen-bond acceptors (Lipinski definition) is 3. The number of nitrogens with zero attached hydrogens (tertiary/aromatic N) is 1. The van der Waals surface area contributed by atoms with Gasteiger partial charge in [0, 0.05) is 21.4 Å². The van der Waals surface area contributed by atoms with Crippen molar-refractivity contribution in [2.24, 2.45) is 0 Å². The number of carbonyl (C=O) groups excluding carboxylic acids is 2. The van der Waals surface area contributed by atoms with E-state index in [4.69, 9.17) is 0 Å². The van der Waals surface area contributed by atoms with E-state index in [2.05, 4.69) is 47.2 Å². The first-order valence-corrected chi connectivity index (χ1v) is 12.0. The molecule has 1 atom stereocenters. The fourth-order valence-electron chi connectivity index (χ4n) is 3.53. The van der Waals surface area contributed by atoms with Crippen LogP contribution in [0.5, 0.6) is 0 Å². The van der Waals surface area contributed by atoms with Gasteiger partial charge in [-0.1, -0.05) is 60.1 Å². The van der Waals surface area contributed by atoms with Crippen LogP contribution in [0.4, 0.5) is 11.4 Å². The van der Waals surface area contributed by atoms with Gasteiger partial charge in [0.25, 0.3) is 5.91 Å². The Morgan fingerprint density at radius 3 is 2.42 bits per heavy atom. The fraction of sp³-hybridized carbons (Fsp3) is 0.200. The summed E-state index contributed by atoms with van der Waals surface area (Å²) in [5.41, 5.74) is 4.51. The maximum atomic E-state index is 12.6. The highest BCUT2D eigenvalue weighted by Crippen LogP contribution is 2.42.